The van der Waals surface area contributed by atoms with Crippen molar-refractivity contribution >= 4 is 5.97 Å². The lowest BCUT2D eigenvalue weighted by molar-refractivity contribution is -0.144. The van der Waals surface area contributed by atoms with Gasteiger partial charge in [0.25, 0.3) is 0 Å². The Hall–Kier alpha value is -0.610. The van der Waals surface area contributed by atoms with Crippen molar-refractivity contribution in [1.29, 1.82) is 0 Å². The summed E-state index contributed by atoms with van der Waals surface area (Å²) in [6.07, 6.45) is 13.4. The summed E-state index contributed by atoms with van der Waals surface area (Å²) in [5, 5.41) is 9.27. The molecule has 0 saturated heterocycles. The minimum Gasteiger partial charge on any atom is -0.480 e. The third kappa shape index (κ3) is 8.42. The zero-order chi connectivity index (χ0) is 16.1. The fraction of sp³-hybridized carbons (Fsp3) is 0.941. The van der Waals surface area contributed by atoms with E-state index in [1.807, 2.05) is 6.92 Å². The van der Waals surface area contributed by atoms with Crippen LogP contribution in [0.2, 0.25) is 0 Å². The molecule has 0 aliphatic rings. The van der Waals surface area contributed by atoms with E-state index in [0.29, 0.717) is 12.8 Å². The third-order valence-corrected chi connectivity index (χ3v) is 4.44. The molecule has 21 heavy (non-hydrogen) atoms. The average Bonchev–Trinajstić information content (AvgIpc) is 2.47. The topological polar surface area (TPSA) is 89.3 Å². The van der Waals surface area contributed by atoms with E-state index in [1.54, 1.807) is 0 Å². The van der Waals surface area contributed by atoms with E-state index in [4.69, 9.17) is 11.5 Å². The molecule has 0 aliphatic heterocycles. The van der Waals surface area contributed by atoms with Crippen LogP contribution in [0.1, 0.15) is 90.9 Å². The van der Waals surface area contributed by atoms with Gasteiger partial charge in [-0.2, -0.15) is 0 Å². The fourth-order valence-corrected chi connectivity index (χ4v) is 2.72. The van der Waals surface area contributed by atoms with Gasteiger partial charge in [-0.3, -0.25) is 4.79 Å². The molecule has 0 aliphatic carbocycles. The van der Waals surface area contributed by atoms with Crippen LogP contribution in [0.5, 0.6) is 0 Å². The van der Waals surface area contributed by atoms with Gasteiger partial charge < -0.3 is 16.6 Å². The Morgan fingerprint density at radius 2 is 1.38 bits per heavy atom. The van der Waals surface area contributed by atoms with E-state index in [1.165, 1.54) is 51.4 Å². The maximum Gasteiger partial charge on any atom is 0.325 e. The van der Waals surface area contributed by atoms with Crippen LogP contribution in [0.15, 0.2) is 0 Å². The summed E-state index contributed by atoms with van der Waals surface area (Å²) in [6, 6.07) is -0.464. The first-order chi connectivity index (χ1) is 9.99. The highest BCUT2D eigenvalue weighted by atomic mass is 16.4. The highest BCUT2D eigenvalue weighted by Crippen LogP contribution is 2.19. The molecule has 2 atom stereocenters. The van der Waals surface area contributed by atoms with Crippen molar-refractivity contribution in [2.75, 3.05) is 0 Å². The van der Waals surface area contributed by atoms with Crippen molar-refractivity contribution in [2.45, 2.75) is 102 Å². The van der Waals surface area contributed by atoms with Crippen LogP contribution in [0.25, 0.3) is 0 Å². The summed E-state index contributed by atoms with van der Waals surface area (Å²) < 4.78 is 0. The number of unbranched alkanes of at least 4 members (excludes halogenated alkanes) is 9. The Labute approximate surface area is 130 Å². The smallest absolute Gasteiger partial charge is 0.325 e. The maximum absolute atomic E-state index is 11.3. The number of nitrogens with two attached hydrogens (primary N) is 2. The van der Waals surface area contributed by atoms with Gasteiger partial charge in [-0.05, 0) is 12.8 Å². The van der Waals surface area contributed by atoms with Crippen LogP contribution < -0.4 is 11.5 Å². The molecule has 0 radical (unpaired) electrons. The van der Waals surface area contributed by atoms with E-state index in [-0.39, 0.29) is 0 Å². The second-order valence-corrected chi connectivity index (χ2v) is 6.29. The van der Waals surface area contributed by atoms with Crippen LogP contribution in [0, 0.1) is 0 Å². The Morgan fingerprint density at radius 1 is 0.952 bits per heavy atom. The molecule has 0 rings (SSSR count). The molecule has 126 valence electrons. The third-order valence-electron chi connectivity index (χ3n) is 4.44. The van der Waals surface area contributed by atoms with Crippen molar-refractivity contribution < 1.29 is 9.90 Å². The molecule has 0 heterocycles. The molecule has 0 amide bonds. The van der Waals surface area contributed by atoms with Gasteiger partial charge in [-0.15, -0.1) is 0 Å². The summed E-state index contributed by atoms with van der Waals surface area (Å²) in [6.45, 7) is 4.12. The molecular formula is C17H36N2O2. The van der Waals surface area contributed by atoms with Crippen molar-refractivity contribution in [1.82, 2.24) is 0 Å². The molecule has 0 aromatic rings. The fourth-order valence-electron chi connectivity index (χ4n) is 2.72. The van der Waals surface area contributed by atoms with Crippen LogP contribution in [-0.2, 0) is 4.79 Å². The first kappa shape index (κ1) is 20.4. The van der Waals surface area contributed by atoms with Gasteiger partial charge in [0.1, 0.15) is 5.54 Å². The number of rotatable bonds is 14. The minimum absolute atomic E-state index is 0.464. The Morgan fingerprint density at radius 3 is 1.76 bits per heavy atom. The van der Waals surface area contributed by atoms with Gasteiger partial charge in [0, 0.05) is 6.04 Å². The molecular weight excluding hydrogens is 264 g/mol. The molecule has 0 bridgehead atoms. The Balaban J connectivity index is 3.66. The Bertz CT molecular complexity index is 272. The van der Waals surface area contributed by atoms with E-state index in [2.05, 4.69) is 6.92 Å². The highest BCUT2D eigenvalue weighted by molar-refractivity contribution is 5.79. The van der Waals surface area contributed by atoms with Crippen LogP contribution in [0.3, 0.4) is 0 Å². The minimum atomic E-state index is -1.26. The molecule has 2 unspecified atom stereocenters. The normalized spacial score (nSPS) is 15.6. The average molecular weight is 300 g/mol. The van der Waals surface area contributed by atoms with Crippen LogP contribution in [0.4, 0.5) is 0 Å². The van der Waals surface area contributed by atoms with E-state index in [0.717, 1.165) is 12.8 Å². The molecule has 4 heteroatoms. The second kappa shape index (κ2) is 12.0. The Kier molecular flexibility index (Phi) is 11.6. The zero-order valence-corrected chi connectivity index (χ0v) is 14.1. The first-order valence-corrected chi connectivity index (χ1v) is 8.76. The lowest BCUT2D eigenvalue weighted by atomic mass is 9.84. The van der Waals surface area contributed by atoms with Crippen molar-refractivity contribution in [3.8, 4) is 0 Å². The lowest BCUT2D eigenvalue weighted by Crippen LogP contribution is -2.60. The van der Waals surface area contributed by atoms with E-state index >= 15 is 0 Å². The van der Waals surface area contributed by atoms with Crippen molar-refractivity contribution in [3.63, 3.8) is 0 Å². The lowest BCUT2D eigenvalue weighted by Gasteiger charge is -2.30. The second-order valence-electron chi connectivity index (χ2n) is 6.29. The molecule has 0 saturated carbocycles. The molecule has 0 aromatic heterocycles. The largest absolute Gasteiger partial charge is 0.480 e. The number of hydrogen-bond donors (Lipinski definition) is 3. The highest BCUT2D eigenvalue weighted by Gasteiger charge is 2.38. The molecule has 0 aromatic carbocycles. The number of aliphatic carboxylic acids is 1. The molecule has 0 fully saturated rings. The molecule has 0 spiro atoms. The van der Waals surface area contributed by atoms with Crippen molar-refractivity contribution in [3.05, 3.63) is 0 Å². The van der Waals surface area contributed by atoms with Gasteiger partial charge in [0.05, 0.1) is 0 Å². The predicted octanol–water partition coefficient (Wildman–Crippen LogP) is 3.82. The van der Waals surface area contributed by atoms with Gasteiger partial charge in [0.2, 0.25) is 0 Å². The summed E-state index contributed by atoms with van der Waals surface area (Å²) in [5.41, 5.74) is 10.6. The van der Waals surface area contributed by atoms with Gasteiger partial charge in [0.15, 0.2) is 0 Å². The van der Waals surface area contributed by atoms with Gasteiger partial charge >= 0.3 is 5.97 Å². The number of hydrogen-bond acceptors (Lipinski definition) is 3. The number of carbonyl (C=O) groups is 1. The molecule has 4 nitrogen and oxygen atoms in total. The maximum atomic E-state index is 11.3. The summed E-state index contributed by atoms with van der Waals surface area (Å²) in [5.74, 6) is -0.965. The van der Waals surface area contributed by atoms with E-state index < -0.39 is 17.6 Å². The van der Waals surface area contributed by atoms with Gasteiger partial charge in [-0.25, -0.2) is 0 Å². The monoisotopic (exact) mass is 300 g/mol. The first-order valence-electron chi connectivity index (χ1n) is 8.76. The molecule has 5 N–H and O–H groups in total. The van der Waals surface area contributed by atoms with Crippen LogP contribution >= 0.6 is 0 Å². The quantitative estimate of drug-likeness (QED) is 0.425. The predicted molar refractivity (Wildman–Crippen MR) is 89.3 cm³/mol. The number of carboxylic acid groups (broad SMARTS) is 1. The van der Waals surface area contributed by atoms with Gasteiger partial charge in [-0.1, -0.05) is 78.1 Å². The van der Waals surface area contributed by atoms with Crippen molar-refractivity contribution in [2.24, 2.45) is 11.5 Å². The van der Waals surface area contributed by atoms with E-state index in [9.17, 15) is 9.90 Å². The zero-order valence-electron chi connectivity index (χ0n) is 14.1. The SMILES string of the molecule is CCCCCCCCCCCCC(N)(C(=O)O)C(N)CC. The summed E-state index contributed by atoms with van der Waals surface area (Å²) in [4.78, 5) is 11.3. The van der Waals surface area contributed by atoms with Crippen LogP contribution in [-0.4, -0.2) is 22.7 Å². The number of carboxylic acids is 1. The standard InChI is InChI=1S/C17H36N2O2/c1-3-5-6-7-8-9-10-11-12-13-14-17(19,16(20)21)15(18)4-2/h15H,3-14,18-19H2,1-2H3,(H,20,21). The summed E-state index contributed by atoms with van der Waals surface area (Å²) in [7, 11) is 0. The summed E-state index contributed by atoms with van der Waals surface area (Å²) >= 11 is 0.